The quantitative estimate of drug-likeness (QED) is 0.237. The minimum absolute atomic E-state index is 0.752. The molecule has 1 aromatic heterocycles. The molecule has 0 fully saturated rings. The van der Waals surface area contributed by atoms with Crippen molar-refractivity contribution in [1.29, 1.82) is 0 Å². The Kier molecular flexibility index (Phi) is 4.21. The normalized spacial score (nSPS) is 12.4. The number of aromatic nitrogens is 1. The first-order valence-electron chi connectivity index (χ1n) is 9.48. The van der Waals surface area contributed by atoms with Crippen molar-refractivity contribution < 1.29 is 0 Å². The maximum Gasteiger partial charge on any atom is 0.203 e. The van der Waals surface area contributed by atoms with Crippen LogP contribution in [0.3, 0.4) is 0 Å². The second-order valence-corrected chi connectivity index (χ2v) is 7.38. The van der Waals surface area contributed by atoms with Crippen molar-refractivity contribution in [2.24, 2.45) is 4.99 Å². The van der Waals surface area contributed by atoms with E-state index in [9.17, 15) is 0 Å². The molecule has 28 heavy (non-hydrogen) atoms. The van der Waals surface area contributed by atoms with Gasteiger partial charge in [-0.2, -0.15) is 12.6 Å². The van der Waals surface area contributed by atoms with Gasteiger partial charge >= 0.3 is 0 Å². The summed E-state index contributed by atoms with van der Waals surface area (Å²) in [4.78, 5) is 4.56. The number of hydrogen-bond donors (Lipinski definition) is 2. The van der Waals surface area contributed by atoms with Gasteiger partial charge in [0.1, 0.15) is 0 Å². The van der Waals surface area contributed by atoms with E-state index in [-0.39, 0.29) is 0 Å². The van der Waals surface area contributed by atoms with E-state index >= 15 is 0 Å². The smallest absolute Gasteiger partial charge is 0.203 e. The zero-order valence-electron chi connectivity index (χ0n) is 15.7. The molecule has 0 unspecified atom stereocenters. The predicted molar refractivity (Wildman–Crippen MR) is 125 cm³/mol. The second kappa shape index (κ2) is 6.88. The summed E-state index contributed by atoms with van der Waals surface area (Å²) in [6.45, 7) is 0.762. The van der Waals surface area contributed by atoms with Gasteiger partial charge in [-0.25, -0.2) is 0 Å². The van der Waals surface area contributed by atoms with Crippen molar-refractivity contribution in [3.05, 3.63) is 72.8 Å². The van der Waals surface area contributed by atoms with Crippen LogP contribution in [0.5, 0.6) is 0 Å². The van der Waals surface area contributed by atoms with Crippen LogP contribution in [-0.4, -0.2) is 29.9 Å². The van der Waals surface area contributed by atoms with Gasteiger partial charge < -0.3 is 5.32 Å². The van der Waals surface area contributed by atoms with Crippen molar-refractivity contribution in [2.75, 3.05) is 19.3 Å². The molecule has 1 heterocycles. The Morgan fingerprint density at radius 2 is 1.57 bits per heavy atom. The summed E-state index contributed by atoms with van der Waals surface area (Å²) >= 11 is 4.35. The second-order valence-electron chi connectivity index (χ2n) is 6.93. The Bertz CT molecular complexity index is 1360. The molecule has 0 aliphatic heterocycles. The molecule has 0 saturated carbocycles. The number of fused-ring (bicyclic) bond motifs is 6. The molecule has 0 amide bonds. The summed E-state index contributed by atoms with van der Waals surface area (Å²) in [5.74, 6) is 1.60. The molecule has 5 aromatic rings. The average Bonchev–Trinajstić information content (AvgIpc) is 3.06. The minimum atomic E-state index is 0.752. The molecule has 0 radical (unpaired) electrons. The number of hydrogen-bond acceptors (Lipinski definition) is 2. The molecule has 0 atom stereocenters. The highest BCUT2D eigenvalue weighted by Gasteiger charge is 2.17. The van der Waals surface area contributed by atoms with Crippen molar-refractivity contribution in [2.45, 2.75) is 0 Å². The Balaban J connectivity index is 1.98. The molecule has 3 nitrogen and oxygen atoms in total. The Labute approximate surface area is 169 Å². The van der Waals surface area contributed by atoms with Crippen LogP contribution in [0.4, 0.5) is 0 Å². The van der Waals surface area contributed by atoms with Crippen LogP contribution >= 0.6 is 12.6 Å². The first-order valence-corrected chi connectivity index (χ1v) is 10.1. The van der Waals surface area contributed by atoms with E-state index in [1.807, 2.05) is 7.05 Å². The fourth-order valence-corrected chi connectivity index (χ4v) is 4.24. The van der Waals surface area contributed by atoms with E-state index in [4.69, 9.17) is 0 Å². The van der Waals surface area contributed by atoms with Crippen molar-refractivity contribution in [3.63, 3.8) is 0 Å². The number of thiol groups is 1. The van der Waals surface area contributed by atoms with Crippen molar-refractivity contribution in [3.8, 4) is 0 Å². The maximum absolute atomic E-state index is 4.56. The van der Waals surface area contributed by atoms with Gasteiger partial charge in [-0.3, -0.25) is 9.56 Å². The van der Waals surface area contributed by atoms with Gasteiger partial charge in [0.05, 0.1) is 11.0 Å². The summed E-state index contributed by atoms with van der Waals surface area (Å²) < 4.78 is 2.24. The monoisotopic (exact) mass is 383 g/mol. The fraction of sp³-hybridized carbons (Fsp3) is 0.125. The van der Waals surface area contributed by atoms with Gasteiger partial charge in [-0.05, 0) is 39.7 Å². The van der Waals surface area contributed by atoms with Crippen LogP contribution in [-0.2, 0) is 0 Å². The molecule has 138 valence electrons. The molecule has 0 spiro atoms. The molecule has 4 heteroatoms. The summed E-state index contributed by atoms with van der Waals surface area (Å²) in [6, 6.07) is 26.1. The first-order chi connectivity index (χ1) is 13.8. The summed E-state index contributed by atoms with van der Waals surface area (Å²) in [6.07, 6.45) is 0. The Hall–Kier alpha value is -2.98. The lowest BCUT2D eigenvalue weighted by molar-refractivity contribution is 0.930. The lowest BCUT2D eigenvalue weighted by atomic mass is 10.0. The summed E-state index contributed by atoms with van der Waals surface area (Å²) in [5.41, 5.74) is 2.33. The third kappa shape index (κ3) is 2.56. The number of aliphatic imine (C=N–C) groups is 1. The Morgan fingerprint density at radius 3 is 2.32 bits per heavy atom. The molecule has 0 aliphatic carbocycles. The zero-order chi connectivity index (χ0) is 19.1. The third-order valence-corrected chi connectivity index (χ3v) is 5.56. The highest BCUT2D eigenvalue weighted by Crippen LogP contribution is 2.36. The Morgan fingerprint density at radius 1 is 0.857 bits per heavy atom. The number of nitrogens with one attached hydrogen (secondary N) is 1. The SMILES string of the molecule is CN=C(NCCS)n1c2cc3ccccc3cc2c2c3ccccc3ccc21. The molecule has 1 N–H and O–H groups in total. The minimum Gasteiger partial charge on any atom is -0.355 e. The standard InChI is InChI=1S/C24H21N3S/c1-25-24(26-12-13-28)27-21-11-10-16-6-4-5-9-19(16)23(21)20-14-17-7-2-3-8-18(17)15-22(20)27/h2-11,14-15,28H,12-13H2,1H3,(H,25,26). The highest BCUT2D eigenvalue weighted by atomic mass is 32.1. The largest absolute Gasteiger partial charge is 0.355 e. The molecular weight excluding hydrogens is 362 g/mol. The van der Waals surface area contributed by atoms with Gasteiger partial charge in [0.2, 0.25) is 5.96 Å². The lowest BCUT2D eigenvalue weighted by Gasteiger charge is -2.13. The molecule has 0 aliphatic rings. The van der Waals surface area contributed by atoms with E-state index < -0.39 is 0 Å². The summed E-state index contributed by atoms with van der Waals surface area (Å²) in [7, 11) is 1.83. The molecular formula is C24H21N3S. The van der Waals surface area contributed by atoms with Gasteiger partial charge in [0, 0.05) is 30.1 Å². The topological polar surface area (TPSA) is 29.3 Å². The number of benzene rings is 4. The van der Waals surface area contributed by atoms with Crippen LogP contribution in [0.15, 0.2) is 77.8 Å². The molecule has 0 saturated heterocycles. The molecule has 5 rings (SSSR count). The van der Waals surface area contributed by atoms with Crippen LogP contribution in [0.25, 0.3) is 43.4 Å². The maximum atomic E-state index is 4.56. The van der Waals surface area contributed by atoms with Crippen LogP contribution in [0.1, 0.15) is 0 Å². The fourth-order valence-electron chi connectivity index (χ4n) is 4.13. The lowest BCUT2D eigenvalue weighted by Crippen LogP contribution is -2.31. The number of nitrogens with zero attached hydrogens (tertiary/aromatic N) is 2. The zero-order valence-corrected chi connectivity index (χ0v) is 16.6. The number of rotatable bonds is 2. The first kappa shape index (κ1) is 17.1. The van der Waals surface area contributed by atoms with Crippen molar-refractivity contribution in [1.82, 2.24) is 9.88 Å². The van der Waals surface area contributed by atoms with Crippen LogP contribution in [0, 0.1) is 0 Å². The predicted octanol–water partition coefficient (Wildman–Crippen LogP) is 5.45. The van der Waals surface area contributed by atoms with Gasteiger partial charge in [0.15, 0.2) is 0 Å². The van der Waals surface area contributed by atoms with Gasteiger partial charge in [-0.15, -0.1) is 0 Å². The average molecular weight is 384 g/mol. The van der Waals surface area contributed by atoms with E-state index in [1.54, 1.807) is 0 Å². The van der Waals surface area contributed by atoms with E-state index in [0.29, 0.717) is 0 Å². The van der Waals surface area contributed by atoms with Crippen LogP contribution < -0.4 is 5.32 Å². The molecule has 4 aromatic carbocycles. The van der Waals surface area contributed by atoms with E-state index in [2.05, 4.69) is 100 Å². The van der Waals surface area contributed by atoms with Gasteiger partial charge in [-0.1, -0.05) is 54.6 Å². The van der Waals surface area contributed by atoms with E-state index in [0.717, 1.165) is 29.3 Å². The van der Waals surface area contributed by atoms with Crippen molar-refractivity contribution >= 4 is 61.9 Å². The highest BCUT2D eigenvalue weighted by molar-refractivity contribution is 7.80. The molecule has 0 bridgehead atoms. The van der Waals surface area contributed by atoms with Crippen LogP contribution in [0.2, 0.25) is 0 Å². The summed E-state index contributed by atoms with van der Waals surface area (Å²) in [5, 5.41) is 11.0. The van der Waals surface area contributed by atoms with Gasteiger partial charge in [0.25, 0.3) is 0 Å². The van der Waals surface area contributed by atoms with E-state index in [1.165, 1.54) is 32.3 Å². The third-order valence-electron chi connectivity index (χ3n) is 5.34.